The van der Waals surface area contributed by atoms with E-state index in [-0.39, 0.29) is 0 Å². The summed E-state index contributed by atoms with van der Waals surface area (Å²) in [6, 6.07) is 6.29. The highest BCUT2D eigenvalue weighted by atomic mass is 16.5. The van der Waals surface area contributed by atoms with Gasteiger partial charge in [0.2, 0.25) is 0 Å². The van der Waals surface area contributed by atoms with Gasteiger partial charge in [0.1, 0.15) is 0 Å². The first-order valence-electron chi connectivity index (χ1n) is 7.31. The third-order valence-electron chi connectivity index (χ3n) is 3.98. The van der Waals surface area contributed by atoms with Crippen LogP contribution in [0.1, 0.15) is 31.0 Å². The minimum Gasteiger partial charge on any atom is -0.493 e. The average Bonchev–Trinajstić information content (AvgIpc) is 3.04. The molecule has 21 heavy (non-hydrogen) atoms. The number of ether oxygens (including phenoxy) is 2. The molecule has 1 aliphatic heterocycles. The van der Waals surface area contributed by atoms with E-state index in [1.54, 1.807) is 14.2 Å². The van der Waals surface area contributed by atoms with Crippen LogP contribution in [0.2, 0.25) is 0 Å². The smallest absolute Gasteiger partial charge is 0.162 e. The van der Waals surface area contributed by atoms with E-state index in [2.05, 4.69) is 14.9 Å². The molecule has 0 aliphatic carbocycles. The topological polar surface area (TPSA) is 48.3 Å². The molecule has 0 amide bonds. The van der Waals surface area contributed by atoms with Gasteiger partial charge < -0.3 is 19.4 Å². The molecule has 1 unspecified atom stereocenters. The lowest BCUT2D eigenvalue weighted by Gasteiger charge is -2.24. The third kappa shape index (κ3) is 2.74. The first-order chi connectivity index (χ1) is 10.3. The molecule has 2 aromatic rings. The molecule has 1 aromatic carbocycles. The van der Waals surface area contributed by atoms with E-state index in [0.29, 0.717) is 6.04 Å². The molecule has 5 heteroatoms. The molecule has 0 saturated carbocycles. The lowest BCUT2D eigenvalue weighted by molar-refractivity contribution is 0.354. The number of piperidine rings is 1. The highest BCUT2D eigenvalue weighted by Crippen LogP contribution is 2.31. The van der Waals surface area contributed by atoms with Crippen molar-refractivity contribution in [2.45, 2.75) is 25.3 Å². The Hall–Kier alpha value is -2.01. The summed E-state index contributed by atoms with van der Waals surface area (Å²) < 4.78 is 12.8. The number of imidazole rings is 1. The van der Waals surface area contributed by atoms with E-state index >= 15 is 0 Å². The first-order valence-corrected chi connectivity index (χ1v) is 7.31. The molecule has 112 valence electrons. The highest BCUT2D eigenvalue weighted by molar-refractivity contribution is 5.49. The highest BCUT2D eigenvalue weighted by Gasteiger charge is 2.19. The quantitative estimate of drug-likeness (QED) is 0.939. The van der Waals surface area contributed by atoms with Crippen LogP contribution in [0.4, 0.5) is 0 Å². The van der Waals surface area contributed by atoms with Gasteiger partial charge in [-0.15, -0.1) is 0 Å². The van der Waals surface area contributed by atoms with Crippen LogP contribution in [-0.4, -0.2) is 30.3 Å². The second kappa shape index (κ2) is 6.18. The molecule has 2 heterocycles. The van der Waals surface area contributed by atoms with Crippen LogP contribution in [-0.2, 0) is 0 Å². The molecule has 1 saturated heterocycles. The predicted molar refractivity (Wildman–Crippen MR) is 81.3 cm³/mol. The van der Waals surface area contributed by atoms with Crippen LogP contribution < -0.4 is 14.8 Å². The summed E-state index contributed by atoms with van der Waals surface area (Å²) in [5, 5.41) is 3.57. The molecule has 3 rings (SSSR count). The van der Waals surface area contributed by atoms with E-state index in [0.717, 1.165) is 30.2 Å². The molecule has 1 atom stereocenters. The lowest BCUT2D eigenvalue weighted by Crippen LogP contribution is -2.28. The van der Waals surface area contributed by atoms with Crippen molar-refractivity contribution in [3.8, 4) is 17.2 Å². The summed E-state index contributed by atoms with van der Waals surface area (Å²) >= 11 is 0. The fourth-order valence-corrected chi connectivity index (χ4v) is 2.86. The van der Waals surface area contributed by atoms with E-state index in [9.17, 15) is 0 Å². The van der Waals surface area contributed by atoms with E-state index < -0.39 is 0 Å². The molecule has 1 aromatic heterocycles. The van der Waals surface area contributed by atoms with Gasteiger partial charge in [0, 0.05) is 12.1 Å². The van der Waals surface area contributed by atoms with Gasteiger partial charge in [0.15, 0.2) is 11.5 Å². The largest absolute Gasteiger partial charge is 0.493 e. The van der Waals surface area contributed by atoms with Gasteiger partial charge in [-0.2, -0.15) is 0 Å². The van der Waals surface area contributed by atoms with Gasteiger partial charge in [-0.25, -0.2) is 4.98 Å². The van der Waals surface area contributed by atoms with E-state index in [1.807, 2.05) is 30.7 Å². The predicted octanol–water partition coefficient (Wildman–Crippen LogP) is 2.70. The molecule has 0 radical (unpaired) electrons. The fraction of sp³-hybridized carbons (Fsp3) is 0.438. The van der Waals surface area contributed by atoms with Crippen molar-refractivity contribution in [3.63, 3.8) is 0 Å². The molecule has 0 bridgehead atoms. The van der Waals surface area contributed by atoms with E-state index in [1.165, 1.54) is 18.5 Å². The molecule has 1 aliphatic rings. The van der Waals surface area contributed by atoms with Crippen molar-refractivity contribution in [3.05, 3.63) is 36.4 Å². The summed E-state index contributed by atoms with van der Waals surface area (Å²) in [4.78, 5) is 4.32. The number of aromatic nitrogens is 2. The van der Waals surface area contributed by atoms with Gasteiger partial charge in [-0.1, -0.05) is 6.42 Å². The summed E-state index contributed by atoms with van der Waals surface area (Å²) in [6.07, 6.45) is 7.46. The van der Waals surface area contributed by atoms with Crippen molar-refractivity contribution < 1.29 is 9.47 Å². The summed E-state index contributed by atoms with van der Waals surface area (Å²) in [5.74, 6) is 1.46. The van der Waals surface area contributed by atoms with Gasteiger partial charge in [-0.3, -0.25) is 0 Å². The monoisotopic (exact) mass is 287 g/mol. The summed E-state index contributed by atoms with van der Waals surface area (Å²) in [6.45, 7) is 1.07. The van der Waals surface area contributed by atoms with Crippen LogP contribution in [0.15, 0.2) is 30.7 Å². The maximum Gasteiger partial charge on any atom is 0.162 e. The van der Waals surface area contributed by atoms with E-state index in [4.69, 9.17) is 9.47 Å². The van der Waals surface area contributed by atoms with Crippen LogP contribution in [0.5, 0.6) is 11.5 Å². The summed E-state index contributed by atoms with van der Waals surface area (Å²) in [7, 11) is 3.30. The van der Waals surface area contributed by atoms with Gasteiger partial charge in [0.05, 0.1) is 38.1 Å². The number of methoxy groups -OCH3 is 2. The Morgan fingerprint density at radius 1 is 1.19 bits per heavy atom. The van der Waals surface area contributed by atoms with Crippen molar-refractivity contribution in [1.82, 2.24) is 14.9 Å². The normalized spacial score (nSPS) is 18.5. The Bertz CT molecular complexity index is 603. The molecule has 1 fully saturated rings. The minimum absolute atomic E-state index is 0.370. The Morgan fingerprint density at radius 3 is 2.76 bits per heavy atom. The lowest BCUT2D eigenvalue weighted by atomic mass is 10.0. The van der Waals surface area contributed by atoms with Crippen LogP contribution >= 0.6 is 0 Å². The minimum atomic E-state index is 0.370. The first kappa shape index (κ1) is 13.9. The molecular weight excluding hydrogens is 266 g/mol. The Balaban J connectivity index is 1.95. The van der Waals surface area contributed by atoms with Crippen molar-refractivity contribution in [1.29, 1.82) is 0 Å². The van der Waals surface area contributed by atoms with Crippen LogP contribution in [0, 0.1) is 0 Å². The number of benzene rings is 1. The molecule has 0 spiro atoms. The zero-order valence-corrected chi connectivity index (χ0v) is 12.5. The molecule has 1 N–H and O–H groups in total. The Morgan fingerprint density at radius 2 is 2.05 bits per heavy atom. The van der Waals surface area contributed by atoms with Gasteiger partial charge >= 0.3 is 0 Å². The SMILES string of the molecule is COc1ccc(-n2cncc2C2CCCCN2)cc1OC. The maximum absolute atomic E-state index is 5.39. The second-order valence-corrected chi connectivity index (χ2v) is 5.23. The van der Waals surface area contributed by atoms with Crippen molar-refractivity contribution in [2.24, 2.45) is 0 Å². The maximum atomic E-state index is 5.39. The second-order valence-electron chi connectivity index (χ2n) is 5.23. The number of rotatable bonds is 4. The van der Waals surface area contributed by atoms with Gasteiger partial charge in [0.25, 0.3) is 0 Å². The molecular formula is C16H21N3O2. The van der Waals surface area contributed by atoms with Crippen LogP contribution in [0.3, 0.4) is 0 Å². The number of nitrogens with zero attached hydrogens (tertiary/aromatic N) is 2. The number of hydrogen-bond donors (Lipinski definition) is 1. The summed E-state index contributed by atoms with van der Waals surface area (Å²) in [5.41, 5.74) is 2.23. The van der Waals surface area contributed by atoms with Crippen molar-refractivity contribution >= 4 is 0 Å². The average molecular weight is 287 g/mol. The zero-order chi connectivity index (χ0) is 14.7. The van der Waals surface area contributed by atoms with Gasteiger partial charge in [-0.05, 0) is 31.5 Å². The molecule has 5 nitrogen and oxygen atoms in total. The van der Waals surface area contributed by atoms with Crippen molar-refractivity contribution in [2.75, 3.05) is 20.8 Å². The number of nitrogens with one attached hydrogen (secondary N) is 1. The standard InChI is InChI=1S/C16H21N3O2/c1-20-15-7-6-12(9-16(15)21-2)19-11-17-10-14(19)13-5-3-4-8-18-13/h6-7,9-11,13,18H,3-5,8H2,1-2H3. The number of hydrogen-bond acceptors (Lipinski definition) is 4. The fourth-order valence-electron chi connectivity index (χ4n) is 2.86. The Kier molecular flexibility index (Phi) is 4.10. The Labute approximate surface area is 124 Å². The van der Waals surface area contributed by atoms with Crippen LogP contribution in [0.25, 0.3) is 5.69 Å². The zero-order valence-electron chi connectivity index (χ0n) is 12.5. The third-order valence-corrected chi connectivity index (χ3v) is 3.98.